The van der Waals surface area contributed by atoms with E-state index in [4.69, 9.17) is 10.5 Å². The minimum atomic E-state index is -3.58. The number of hydrogen-bond donors (Lipinski definition) is 3. The van der Waals surface area contributed by atoms with Gasteiger partial charge in [0.05, 0.1) is 30.9 Å². The van der Waals surface area contributed by atoms with E-state index >= 15 is 4.11 Å². The van der Waals surface area contributed by atoms with E-state index in [1.165, 1.54) is 0 Å². The molecule has 1 spiro atoms. The maximum Gasteiger partial charge on any atom is 0.268 e. The number of aliphatic hydroxyl groups excluding tert-OH is 1. The lowest BCUT2D eigenvalue weighted by molar-refractivity contribution is -0.150. The van der Waals surface area contributed by atoms with Crippen LogP contribution < -0.4 is 16.0 Å². The Kier molecular flexibility index (Phi) is 8.61. The molecule has 0 radical (unpaired) electrons. The summed E-state index contributed by atoms with van der Waals surface area (Å²) in [5, 5.41) is 13.2. The highest BCUT2D eigenvalue weighted by atomic mass is 28.4. The third-order valence-corrected chi connectivity index (χ3v) is 13.0. The Labute approximate surface area is 292 Å². The van der Waals surface area contributed by atoms with Crippen molar-refractivity contribution in [2.45, 2.75) is 62.7 Å². The van der Waals surface area contributed by atoms with Crippen molar-refractivity contribution in [1.29, 1.82) is 0 Å². The Hall–Kier alpha value is -4.84. The molecule has 3 amide bonds. The molecule has 0 aromatic heterocycles. The zero-order valence-corrected chi connectivity index (χ0v) is 29.3. The second kappa shape index (κ2) is 12.8. The number of nitrogens with zero attached hydrogens (tertiary/aromatic N) is 2. The fourth-order valence-electron chi connectivity index (χ4n) is 8.25. The minimum absolute atomic E-state index is 0.142. The van der Waals surface area contributed by atoms with Crippen LogP contribution in [0.1, 0.15) is 40.4 Å². The van der Waals surface area contributed by atoms with Crippen LogP contribution in [0.25, 0.3) is 0 Å². The molecule has 0 bridgehead atoms. The number of rotatable bonds is 7. The summed E-state index contributed by atoms with van der Waals surface area (Å²) in [6.07, 6.45) is -0.530. The summed E-state index contributed by atoms with van der Waals surface area (Å²) in [4.78, 5) is 45.5. The summed E-state index contributed by atoms with van der Waals surface area (Å²) in [6, 6.07) is 28.4. The Morgan fingerprint density at radius 1 is 1.00 bits per heavy atom. The van der Waals surface area contributed by atoms with Crippen molar-refractivity contribution < 1.29 is 28.3 Å². The molecule has 9 nitrogen and oxygen atoms in total. The number of ether oxygens (including phenoxy) is 1. The summed E-state index contributed by atoms with van der Waals surface area (Å²) in [5.41, 5.74) is 8.65. The molecular formula is C39H41FN4O5Si. The molecule has 0 aliphatic carbocycles. The van der Waals surface area contributed by atoms with Crippen molar-refractivity contribution >= 4 is 48.9 Å². The molecule has 3 aliphatic heterocycles. The SMILES string of the molecule is C[C@@H]1[C@@H]([Si](C)(C)F)[C@H](CC(=O)N2Cc3ccccc3C[C@H]2CO)O[C@@]12C(=O)N(c1ccccc1)c1ccc(NC(=O)c3ccc(N)cc3)cc12. The van der Waals surface area contributed by atoms with Gasteiger partial charge in [-0.1, -0.05) is 49.4 Å². The number of aliphatic hydroxyl groups is 1. The quantitative estimate of drug-likeness (QED) is 0.119. The fraction of sp³-hybridized carbons (Fsp3) is 0.308. The topological polar surface area (TPSA) is 125 Å². The largest absolute Gasteiger partial charge is 0.399 e. The van der Waals surface area contributed by atoms with Gasteiger partial charge in [0.25, 0.3) is 11.8 Å². The van der Waals surface area contributed by atoms with Crippen molar-refractivity contribution in [3.8, 4) is 0 Å². The first-order valence-electron chi connectivity index (χ1n) is 17.0. The number of halogens is 1. The molecule has 1 saturated heterocycles. The normalized spacial score (nSPS) is 24.3. The van der Waals surface area contributed by atoms with E-state index in [-0.39, 0.29) is 30.7 Å². The van der Waals surface area contributed by atoms with Crippen LogP contribution in [0.4, 0.5) is 26.9 Å². The number of para-hydroxylation sites is 1. The number of nitrogens with one attached hydrogen (secondary N) is 1. The number of fused-ring (bicyclic) bond motifs is 3. The highest BCUT2D eigenvalue weighted by molar-refractivity contribution is 6.72. The number of hydrogen-bond acceptors (Lipinski definition) is 6. The van der Waals surface area contributed by atoms with E-state index in [1.807, 2.05) is 61.5 Å². The second-order valence-corrected chi connectivity index (χ2v) is 17.9. The van der Waals surface area contributed by atoms with E-state index in [0.29, 0.717) is 46.8 Å². The van der Waals surface area contributed by atoms with Gasteiger partial charge in [-0.25, -0.2) is 0 Å². The molecule has 50 heavy (non-hydrogen) atoms. The molecule has 4 aromatic rings. The van der Waals surface area contributed by atoms with Gasteiger partial charge in [0.15, 0.2) is 5.60 Å². The standard InChI is InChI=1S/C39H41FN4O5Si/c1-24-36(50(2,3)40)34(21-35(46)43-22-27-10-8-7-9-26(27)19-31(43)23-45)49-39(24)32-20-29(42-37(47)25-13-15-28(41)16-14-25)17-18-33(32)44(38(39)48)30-11-5-4-6-12-30/h4-18,20,24,31,34,36,45H,19,21-23,41H2,1-3H3,(H,42,47)/t24-,31+,34+,36-,39+/m1/s1. The van der Waals surface area contributed by atoms with E-state index in [0.717, 1.165) is 11.1 Å². The summed E-state index contributed by atoms with van der Waals surface area (Å²) < 4.78 is 23.4. The van der Waals surface area contributed by atoms with Gasteiger partial charge >= 0.3 is 0 Å². The average molecular weight is 693 g/mol. The van der Waals surface area contributed by atoms with E-state index in [9.17, 15) is 19.5 Å². The third-order valence-electron chi connectivity index (χ3n) is 10.6. The molecule has 0 saturated carbocycles. The first-order chi connectivity index (χ1) is 23.9. The van der Waals surface area contributed by atoms with Gasteiger partial charge in [0, 0.05) is 46.2 Å². The lowest BCUT2D eigenvalue weighted by atomic mass is 9.82. The maximum atomic E-state index is 16.6. The summed E-state index contributed by atoms with van der Waals surface area (Å²) in [7, 11) is -3.58. The van der Waals surface area contributed by atoms with Crippen LogP contribution in [-0.4, -0.2) is 54.9 Å². The molecule has 258 valence electrons. The number of nitrogens with two attached hydrogens (primary N) is 1. The van der Waals surface area contributed by atoms with Gasteiger partial charge in [-0.15, -0.1) is 0 Å². The van der Waals surface area contributed by atoms with Crippen LogP contribution in [-0.2, 0) is 32.9 Å². The average Bonchev–Trinajstić information content (AvgIpc) is 3.53. The molecule has 7 rings (SSSR count). The van der Waals surface area contributed by atoms with Crippen molar-refractivity contribution in [2.75, 3.05) is 22.6 Å². The van der Waals surface area contributed by atoms with E-state index in [1.54, 1.807) is 65.4 Å². The van der Waals surface area contributed by atoms with Crippen molar-refractivity contribution in [1.82, 2.24) is 4.90 Å². The number of carbonyl (C=O) groups excluding carboxylic acids is 3. The Balaban J connectivity index is 1.27. The molecule has 11 heteroatoms. The van der Waals surface area contributed by atoms with Crippen molar-refractivity contribution in [2.24, 2.45) is 5.92 Å². The van der Waals surface area contributed by atoms with E-state index in [2.05, 4.69) is 5.32 Å². The summed E-state index contributed by atoms with van der Waals surface area (Å²) in [6.45, 7) is 5.16. The molecule has 4 N–H and O–H groups in total. The Morgan fingerprint density at radius 3 is 2.36 bits per heavy atom. The zero-order chi connectivity index (χ0) is 35.4. The van der Waals surface area contributed by atoms with E-state index < -0.39 is 37.6 Å². The van der Waals surface area contributed by atoms with Crippen LogP contribution >= 0.6 is 0 Å². The highest BCUT2D eigenvalue weighted by Crippen LogP contribution is 2.61. The molecular weight excluding hydrogens is 652 g/mol. The maximum absolute atomic E-state index is 16.6. The van der Waals surface area contributed by atoms with Gasteiger partial charge in [0.2, 0.25) is 14.3 Å². The van der Waals surface area contributed by atoms with Gasteiger partial charge in [-0.3, -0.25) is 19.3 Å². The van der Waals surface area contributed by atoms with Crippen LogP contribution in [0.15, 0.2) is 97.1 Å². The number of amides is 3. The molecule has 0 unspecified atom stereocenters. The monoisotopic (exact) mass is 692 g/mol. The van der Waals surface area contributed by atoms with Crippen LogP contribution in [0.5, 0.6) is 0 Å². The second-order valence-electron chi connectivity index (χ2n) is 14.1. The lowest BCUT2D eigenvalue weighted by Crippen LogP contribution is -2.48. The summed E-state index contributed by atoms with van der Waals surface area (Å²) in [5.74, 6) is -1.63. The Bertz CT molecular complexity index is 1950. The smallest absolute Gasteiger partial charge is 0.268 e. The third kappa shape index (κ3) is 5.68. The lowest BCUT2D eigenvalue weighted by Gasteiger charge is -2.37. The predicted molar refractivity (Wildman–Crippen MR) is 193 cm³/mol. The van der Waals surface area contributed by atoms with Crippen LogP contribution in [0.3, 0.4) is 0 Å². The molecule has 1 fully saturated rings. The van der Waals surface area contributed by atoms with Gasteiger partial charge in [-0.05, 0) is 85.2 Å². The summed E-state index contributed by atoms with van der Waals surface area (Å²) >= 11 is 0. The predicted octanol–water partition coefficient (Wildman–Crippen LogP) is 6.31. The first-order valence-corrected chi connectivity index (χ1v) is 19.9. The van der Waals surface area contributed by atoms with Crippen molar-refractivity contribution in [3.05, 3.63) is 119 Å². The van der Waals surface area contributed by atoms with Crippen LogP contribution in [0.2, 0.25) is 18.6 Å². The number of benzene rings is 4. The number of carbonyl (C=O) groups is 3. The fourth-order valence-corrected chi connectivity index (χ4v) is 10.7. The van der Waals surface area contributed by atoms with Gasteiger partial charge in [-0.2, -0.15) is 0 Å². The van der Waals surface area contributed by atoms with Gasteiger partial charge < -0.3 is 29.9 Å². The molecule has 3 heterocycles. The zero-order valence-electron chi connectivity index (χ0n) is 28.3. The minimum Gasteiger partial charge on any atom is -0.399 e. The Morgan fingerprint density at radius 2 is 1.68 bits per heavy atom. The van der Waals surface area contributed by atoms with Gasteiger partial charge in [0.1, 0.15) is 0 Å². The number of nitrogen functional groups attached to an aromatic ring is 1. The molecule has 5 atom stereocenters. The van der Waals surface area contributed by atoms with Crippen molar-refractivity contribution in [3.63, 3.8) is 0 Å². The van der Waals surface area contributed by atoms with Crippen LogP contribution in [0, 0.1) is 5.92 Å². The highest BCUT2D eigenvalue weighted by Gasteiger charge is 2.67. The number of anilines is 4. The molecule has 4 aromatic carbocycles. The molecule has 3 aliphatic rings. The first kappa shape index (κ1) is 33.6.